The Labute approximate surface area is 105 Å². The van der Waals surface area contributed by atoms with Crippen LogP contribution in [0.25, 0.3) is 0 Å². The van der Waals surface area contributed by atoms with Gasteiger partial charge >= 0.3 is 0 Å². The highest BCUT2D eigenvalue weighted by atomic mass is 16.2. The highest BCUT2D eigenvalue weighted by Gasteiger charge is 2.31. The molecule has 5 nitrogen and oxygen atoms in total. The SMILES string of the molecule is O=C(c1ccc(=O)[nH]c1)N1CCC2CCC(C1)N2. The lowest BCUT2D eigenvalue weighted by molar-refractivity contribution is 0.0747. The molecule has 2 saturated heterocycles. The fourth-order valence-electron chi connectivity index (χ4n) is 2.85. The Morgan fingerprint density at radius 1 is 1.22 bits per heavy atom. The highest BCUT2D eigenvalue weighted by molar-refractivity contribution is 5.93. The minimum absolute atomic E-state index is 0.0144. The van der Waals surface area contributed by atoms with Crippen molar-refractivity contribution < 1.29 is 4.79 Å². The molecule has 0 radical (unpaired) electrons. The monoisotopic (exact) mass is 247 g/mol. The number of rotatable bonds is 1. The smallest absolute Gasteiger partial charge is 0.255 e. The second-order valence-electron chi connectivity index (χ2n) is 5.12. The van der Waals surface area contributed by atoms with Crippen LogP contribution < -0.4 is 10.9 Å². The fourth-order valence-corrected chi connectivity index (χ4v) is 2.85. The lowest BCUT2D eigenvalue weighted by Crippen LogP contribution is -2.39. The molecule has 1 amide bonds. The maximum atomic E-state index is 12.3. The second kappa shape index (κ2) is 4.57. The van der Waals surface area contributed by atoms with Crippen LogP contribution >= 0.6 is 0 Å². The van der Waals surface area contributed by atoms with Gasteiger partial charge in [-0.05, 0) is 25.3 Å². The number of carbonyl (C=O) groups excluding carboxylic acids is 1. The summed E-state index contributed by atoms with van der Waals surface area (Å²) in [4.78, 5) is 27.7. The van der Waals surface area contributed by atoms with Crippen molar-refractivity contribution in [2.45, 2.75) is 31.3 Å². The number of carbonyl (C=O) groups is 1. The van der Waals surface area contributed by atoms with Crippen LogP contribution in [0.1, 0.15) is 29.6 Å². The highest BCUT2D eigenvalue weighted by Crippen LogP contribution is 2.21. The Balaban J connectivity index is 1.76. The van der Waals surface area contributed by atoms with Crippen molar-refractivity contribution in [2.24, 2.45) is 0 Å². The molecule has 2 N–H and O–H groups in total. The van der Waals surface area contributed by atoms with Crippen molar-refractivity contribution in [2.75, 3.05) is 13.1 Å². The number of hydrogen-bond acceptors (Lipinski definition) is 3. The largest absolute Gasteiger partial charge is 0.337 e. The maximum absolute atomic E-state index is 12.3. The number of aromatic amines is 1. The van der Waals surface area contributed by atoms with Crippen LogP contribution in [-0.4, -0.2) is 41.0 Å². The van der Waals surface area contributed by atoms with E-state index in [2.05, 4.69) is 10.3 Å². The van der Waals surface area contributed by atoms with Crippen LogP contribution in [0.4, 0.5) is 0 Å². The molecule has 5 heteroatoms. The molecule has 1 aromatic heterocycles. The predicted molar refractivity (Wildman–Crippen MR) is 67.5 cm³/mol. The molecule has 0 spiro atoms. The molecular formula is C13H17N3O2. The number of nitrogens with zero attached hydrogens (tertiary/aromatic N) is 1. The van der Waals surface area contributed by atoms with E-state index in [1.54, 1.807) is 6.07 Å². The standard InChI is InChI=1S/C13H17N3O2/c17-12-4-1-9(7-14-12)13(18)16-6-5-10-2-3-11(8-16)15-10/h1,4,7,10-11,15H,2-3,5-6,8H2,(H,14,17). The van der Waals surface area contributed by atoms with Crippen LogP contribution in [0.5, 0.6) is 0 Å². The molecule has 3 heterocycles. The molecule has 1 aromatic rings. The van der Waals surface area contributed by atoms with Crippen molar-refractivity contribution in [1.82, 2.24) is 15.2 Å². The Morgan fingerprint density at radius 2 is 2.06 bits per heavy atom. The number of H-pyrrole nitrogens is 1. The van der Waals surface area contributed by atoms with Crippen LogP contribution in [0, 0.1) is 0 Å². The molecule has 18 heavy (non-hydrogen) atoms. The molecule has 3 rings (SSSR count). The lowest BCUT2D eigenvalue weighted by atomic mass is 10.1. The summed E-state index contributed by atoms with van der Waals surface area (Å²) in [6.07, 6.45) is 4.90. The molecule has 0 aromatic carbocycles. The molecule has 2 bridgehead atoms. The van der Waals surface area contributed by atoms with Crippen molar-refractivity contribution in [3.63, 3.8) is 0 Å². The van der Waals surface area contributed by atoms with Gasteiger partial charge in [-0.15, -0.1) is 0 Å². The van der Waals surface area contributed by atoms with Gasteiger partial charge in [0.15, 0.2) is 0 Å². The minimum Gasteiger partial charge on any atom is -0.337 e. The molecule has 2 fully saturated rings. The first-order valence-corrected chi connectivity index (χ1v) is 6.46. The number of fused-ring (bicyclic) bond motifs is 2. The zero-order chi connectivity index (χ0) is 12.5. The summed E-state index contributed by atoms with van der Waals surface area (Å²) < 4.78 is 0. The normalized spacial score (nSPS) is 27.0. The van der Waals surface area contributed by atoms with Crippen molar-refractivity contribution in [1.29, 1.82) is 0 Å². The van der Waals surface area contributed by atoms with Gasteiger partial charge in [0.25, 0.3) is 5.91 Å². The summed E-state index contributed by atoms with van der Waals surface area (Å²) in [6.45, 7) is 1.57. The van der Waals surface area contributed by atoms with Gasteiger partial charge in [-0.25, -0.2) is 0 Å². The van der Waals surface area contributed by atoms with Gasteiger partial charge in [0, 0.05) is 37.4 Å². The molecule has 2 atom stereocenters. The third-order valence-corrected chi connectivity index (χ3v) is 3.84. The zero-order valence-corrected chi connectivity index (χ0v) is 10.2. The van der Waals surface area contributed by atoms with Gasteiger partial charge in [0.2, 0.25) is 5.56 Å². The van der Waals surface area contributed by atoms with E-state index in [1.165, 1.54) is 18.7 Å². The van der Waals surface area contributed by atoms with Gasteiger partial charge in [0.05, 0.1) is 5.56 Å². The van der Waals surface area contributed by atoms with Crippen LogP contribution in [0.3, 0.4) is 0 Å². The second-order valence-corrected chi connectivity index (χ2v) is 5.12. The number of hydrogen-bond donors (Lipinski definition) is 2. The van der Waals surface area contributed by atoms with Crippen LogP contribution in [0.2, 0.25) is 0 Å². The van der Waals surface area contributed by atoms with Gasteiger partial charge in [-0.2, -0.15) is 0 Å². The molecule has 96 valence electrons. The van der Waals surface area contributed by atoms with Gasteiger partial charge in [-0.3, -0.25) is 9.59 Å². The molecule has 0 saturated carbocycles. The first-order valence-electron chi connectivity index (χ1n) is 6.46. The van der Waals surface area contributed by atoms with Crippen molar-refractivity contribution in [3.8, 4) is 0 Å². The van der Waals surface area contributed by atoms with E-state index < -0.39 is 0 Å². The predicted octanol–water partition coefficient (Wildman–Crippen LogP) is 0.341. The maximum Gasteiger partial charge on any atom is 0.255 e. The van der Waals surface area contributed by atoms with Gasteiger partial charge in [-0.1, -0.05) is 0 Å². The number of likely N-dealkylation sites (tertiary alicyclic amines) is 1. The van der Waals surface area contributed by atoms with Crippen LogP contribution in [0.15, 0.2) is 23.1 Å². The summed E-state index contributed by atoms with van der Waals surface area (Å²) in [5, 5.41) is 3.55. The minimum atomic E-state index is -0.178. The molecule has 0 aliphatic carbocycles. The Hall–Kier alpha value is -1.62. The summed E-state index contributed by atoms with van der Waals surface area (Å²) in [7, 11) is 0. The third kappa shape index (κ3) is 2.18. The quantitative estimate of drug-likeness (QED) is 0.752. The van der Waals surface area contributed by atoms with Gasteiger partial charge in [0.1, 0.15) is 0 Å². The Bertz CT molecular complexity index is 491. The van der Waals surface area contributed by atoms with E-state index in [-0.39, 0.29) is 11.5 Å². The average molecular weight is 247 g/mol. The molecule has 2 aliphatic heterocycles. The Morgan fingerprint density at radius 3 is 2.83 bits per heavy atom. The van der Waals surface area contributed by atoms with Gasteiger partial charge < -0.3 is 15.2 Å². The zero-order valence-electron chi connectivity index (χ0n) is 10.2. The molecule has 2 aliphatic rings. The first kappa shape index (κ1) is 11.5. The van der Waals surface area contributed by atoms with E-state index in [0.717, 1.165) is 25.9 Å². The van der Waals surface area contributed by atoms with Crippen LogP contribution in [-0.2, 0) is 0 Å². The molecule has 2 unspecified atom stereocenters. The first-order chi connectivity index (χ1) is 8.72. The number of nitrogens with one attached hydrogen (secondary N) is 2. The summed E-state index contributed by atoms with van der Waals surface area (Å²) in [5.74, 6) is 0.0144. The van der Waals surface area contributed by atoms with Crippen molar-refractivity contribution >= 4 is 5.91 Å². The lowest BCUT2D eigenvalue weighted by Gasteiger charge is -2.24. The summed E-state index contributed by atoms with van der Waals surface area (Å²) in [6, 6.07) is 4.00. The molecular weight excluding hydrogens is 230 g/mol. The van der Waals surface area contributed by atoms with Crippen molar-refractivity contribution in [3.05, 3.63) is 34.2 Å². The van der Waals surface area contributed by atoms with E-state index in [1.807, 2.05) is 4.90 Å². The fraction of sp³-hybridized carbons (Fsp3) is 0.538. The van der Waals surface area contributed by atoms with E-state index in [0.29, 0.717) is 17.6 Å². The summed E-state index contributed by atoms with van der Waals surface area (Å²) in [5.41, 5.74) is 0.385. The number of amides is 1. The summed E-state index contributed by atoms with van der Waals surface area (Å²) >= 11 is 0. The van der Waals surface area contributed by atoms with E-state index in [9.17, 15) is 9.59 Å². The number of pyridine rings is 1. The average Bonchev–Trinajstić information content (AvgIpc) is 2.69. The van der Waals surface area contributed by atoms with E-state index in [4.69, 9.17) is 0 Å². The third-order valence-electron chi connectivity index (χ3n) is 3.84. The Kier molecular flexibility index (Phi) is 2.91. The van der Waals surface area contributed by atoms with E-state index >= 15 is 0 Å². The number of aromatic nitrogens is 1. The topological polar surface area (TPSA) is 65.2 Å².